The SMILES string of the molecule is CCc1ccc(N(Cc2cc(C)ccc2C)S(=O)(=O)c2cccn3c(C)nnc23)cc1. The molecule has 0 saturated carbocycles. The normalized spacial score (nSPS) is 11.7. The summed E-state index contributed by atoms with van der Waals surface area (Å²) in [7, 11) is -3.90. The lowest BCUT2D eigenvalue weighted by Gasteiger charge is -2.26. The van der Waals surface area contributed by atoms with Crippen LogP contribution in [0.15, 0.2) is 65.7 Å². The van der Waals surface area contributed by atoms with Gasteiger partial charge < -0.3 is 0 Å². The molecule has 2 aromatic heterocycles. The number of anilines is 1. The second kappa shape index (κ2) is 8.15. The first-order chi connectivity index (χ1) is 14.8. The van der Waals surface area contributed by atoms with E-state index in [2.05, 4.69) is 17.1 Å². The van der Waals surface area contributed by atoms with Crippen molar-refractivity contribution in [3.8, 4) is 0 Å². The zero-order chi connectivity index (χ0) is 22.2. The summed E-state index contributed by atoms with van der Waals surface area (Å²) in [5, 5.41) is 8.20. The third kappa shape index (κ3) is 3.93. The van der Waals surface area contributed by atoms with Crippen LogP contribution in [0, 0.1) is 20.8 Å². The highest BCUT2D eigenvalue weighted by molar-refractivity contribution is 7.93. The van der Waals surface area contributed by atoms with Crippen LogP contribution in [0.2, 0.25) is 0 Å². The molecule has 0 aliphatic heterocycles. The van der Waals surface area contributed by atoms with Crippen molar-refractivity contribution in [3.05, 3.63) is 88.9 Å². The molecular weight excluding hydrogens is 408 g/mol. The van der Waals surface area contributed by atoms with Gasteiger partial charge in [-0.05, 0) is 68.1 Å². The summed E-state index contributed by atoms with van der Waals surface area (Å²) >= 11 is 0. The fourth-order valence-corrected chi connectivity index (χ4v) is 5.23. The minimum Gasteiger partial charge on any atom is -0.286 e. The van der Waals surface area contributed by atoms with Crippen molar-refractivity contribution < 1.29 is 8.42 Å². The molecule has 0 fully saturated rings. The van der Waals surface area contributed by atoms with Crippen LogP contribution in [0.25, 0.3) is 5.65 Å². The Morgan fingerprint density at radius 2 is 1.71 bits per heavy atom. The Balaban J connectivity index is 1.88. The van der Waals surface area contributed by atoms with E-state index in [-0.39, 0.29) is 11.4 Å². The van der Waals surface area contributed by atoms with Gasteiger partial charge in [-0.15, -0.1) is 10.2 Å². The zero-order valence-electron chi connectivity index (χ0n) is 18.2. The molecule has 2 heterocycles. The highest BCUT2D eigenvalue weighted by Gasteiger charge is 2.29. The number of rotatable bonds is 6. The fraction of sp³-hybridized carbons (Fsp3) is 0.250. The first-order valence-electron chi connectivity index (χ1n) is 10.3. The van der Waals surface area contributed by atoms with E-state index in [0.29, 0.717) is 17.2 Å². The van der Waals surface area contributed by atoms with Crippen LogP contribution in [0.5, 0.6) is 0 Å². The first-order valence-corrected chi connectivity index (χ1v) is 11.7. The summed E-state index contributed by atoms with van der Waals surface area (Å²) in [6.45, 7) is 8.12. The second-order valence-electron chi connectivity index (χ2n) is 7.77. The number of aromatic nitrogens is 3. The number of pyridine rings is 1. The van der Waals surface area contributed by atoms with Crippen LogP contribution in [0.1, 0.15) is 35.0 Å². The average molecular weight is 435 g/mol. The van der Waals surface area contributed by atoms with Gasteiger partial charge in [0, 0.05) is 6.20 Å². The van der Waals surface area contributed by atoms with Gasteiger partial charge in [0.15, 0.2) is 5.65 Å². The molecule has 2 aromatic carbocycles. The molecule has 4 rings (SSSR count). The number of aryl methyl sites for hydroxylation is 4. The van der Waals surface area contributed by atoms with E-state index in [9.17, 15) is 8.42 Å². The molecule has 0 saturated heterocycles. The summed E-state index contributed by atoms with van der Waals surface area (Å²) in [5.74, 6) is 0.639. The van der Waals surface area contributed by atoms with E-state index in [1.165, 1.54) is 4.31 Å². The van der Waals surface area contributed by atoms with Crippen molar-refractivity contribution in [1.82, 2.24) is 14.6 Å². The molecule has 31 heavy (non-hydrogen) atoms. The largest absolute Gasteiger partial charge is 0.286 e. The van der Waals surface area contributed by atoms with E-state index in [1.54, 1.807) is 29.7 Å². The number of hydrogen-bond acceptors (Lipinski definition) is 4. The molecular formula is C24H26N4O2S. The smallest absolute Gasteiger partial charge is 0.268 e. The summed E-state index contributed by atoms with van der Waals surface area (Å²) in [6, 6.07) is 17.1. The van der Waals surface area contributed by atoms with E-state index in [0.717, 1.165) is 28.7 Å². The fourth-order valence-electron chi connectivity index (χ4n) is 3.67. The van der Waals surface area contributed by atoms with E-state index in [4.69, 9.17) is 0 Å². The molecule has 4 aromatic rings. The number of nitrogens with zero attached hydrogens (tertiary/aromatic N) is 4. The van der Waals surface area contributed by atoms with Gasteiger partial charge in [0.25, 0.3) is 10.0 Å². The van der Waals surface area contributed by atoms with Crippen LogP contribution in [-0.4, -0.2) is 23.0 Å². The maximum absolute atomic E-state index is 14.0. The lowest BCUT2D eigenvalue weighted by molar-refractivity contribution is 0.590. The molecule has 0 atom stereocenters. The molecule has 0 unspecified atom stereocenters. The predicted octanol–water partition coefficient (Wildman–Crippen LogP) is 4.61. The second-order valence-corrected chi connectivity index (χ2v) is 9.61. The van der Waals surface area contributed by atoms with Gasteiger partial charge in [-0.1, -0.05) is 42.8 Å². The van der Waals surface area contributed by atoms with Crippen LogP contribution >= 0.6 is 0 Å². The summed E-state index contributed by atoms with van der Waals surface area (Å²) in [4.78, 5) is 0.139. The van der Waals surface area contributed by atoms with Crippen molar-refractivity contribution in [1.29, 1.82) is 0 Å². The molecule has 6 nitrogen and oxygen atoms in total. The standard InChI is InChI=1S/C24H26N4O2S/c1-5-20-10-12-22(13-11-20)28(16-21-15-17(2)8-9-18(21)3)31(29,30)23-7-6-14-27-19(4)25-26-24(23)27/h6-15H,5,16H2,1-4H3. The van der Waals surface area contributed by atoms with Gasteiger partial charge in [-0.3, -0.25) is 8.71 Å². The number of hydrogen-bond donors (Lipinski definition) is 0. The Kier molecular flexibility index (Phi) is 5.54. The minimum atomic E-state index is -3.90. The molecule has 0 aliphatic carbocycles. The molecule has 0 radical (unpaired) electrons. The molecule has 0 bridgehead atoms. The molecule has 0 N–H and O–H groups in total. The molecule has 0 amide bonds. The van der Waals surface area contributed by atoms with E-state index in [1.807, 2.05) is 56.3 Å². The van der Waals surface area contributed by atoms with Crippen molar-refractivity contribution in [2.75, 3.05) is 4.31 Å². The minimum absolute atomic E-state index is 0.139. The highest BCUT2D eigenvalue weighted by atomic mass is 32.2. The molecule has 7 heteroatoms. The Hall–Kier alpha value is -3.19. The van der Waals surface area contributed by atoms with E-state index < -0.39 is 10.0 Å². The highest BCUT2D eigenvalue weighted by Crippen LogP contribution is 2.29. The molecule has 160 valence electrons. The number of benzene rings is 2. The van der Waals surface area contributed by atoms with Gasteiger partial charge in [0.2, 0.25) is 0 Å². The Bertz CT molecular complexity index is 1340. The van der Waals surface area contributed by atoms with Crippen molar-refractivity contribution in [3.63, 3.8) is 0 Å². The Morgan fingerprint density at radius 3 is 2.42 bits per heavy atom. The van der Waals surface area contributed by atoms with Crippen LogP contribution in [-0.2, 0) is 23.0 Å². The van der Waals surface area contributed by atoms with Gasteiger partial charge in [0.05, 0.1) is 12.2 Å². The van der Waals surface area contributed by atoms with Crippen molar-refractivity contribution >= 4 is 21.4 Å². The average Bonchev–Trinajstić information content (AvgIpc) is 3.15. The molecule has 0 aliphatic rings. The Labute approximate surface area is 183 Å². The third-order valence-electron chi connectivity index (χ3n) is 5.59. The lowest BCUT2D eigenvalue weighted by Crippen LogP contribution is -2.31. The van der Waals surface area contributed by atoms with Crippen LogP contribution < -0.4 is 4.31 Å². The van der Waals surface area contributed by atoms with Gasteiger partial charge in [-0.25, -0.2) is 8.42 Å². The predicted molar refractivity (Wildman–Crippen MR) is 123 cm³/mol. The third-order valence-corrected chi connectivity index (χ3v) is 7.38. The zero-order valence-corrected chi connectivity index (χ0v) is 19.0. The lowest BCUT2D eigenvalue weighted by atomic mass is 10.1. The van der Waals surface area contributed by atoms with Gasteiger partial charge >= 0.3 is 0 Å². The van der Waals surface area contributed by atoms with Crippen molar-refractivity contribution in [2.45, 2.75) is 45.6 Å². The number of fused-ring (bicyclic) bond motifs is 1. The quantitative estimate of drug-likeness (QED) is 0.444. The van der Waals surface area contributed by atoms with E-state index >= 15 is 0 Å². The first kappa shape index (κ1) is 21.1. The summed E-state index contributed by atoms with van der Waals surface area (Å²) < 4.78 is 31.1. The van der Waals surface area contributed by atoms with Gasteiger partial charge in [-0.2, -0.15) is 0 Å². The Morgan fingerprint density at radius 1 is 0.968 bits per heavy atom. The van der Waals surface area contributed by atoms with Crippen LogP contribution in [0.3, 0.4) is 0 Å². The maximum Gasteiger partial charge on any atom is 0.268 e. The number of sulfonamides is 1. The summed E-state index contributed by atoms with van der Waals surface area (Å²) in [6.07, 6.45) is 2.66. The van der Waals surface area contributed by atoms with Crippen molar-refractivity contribution in [2.24, 2.45) is 0 Å². The molecule has 0 spiro atoms. The maximum atomic E-state index is 14.0. The van der Waals surface area contributed by atoms with Crippen LogP contribution in [0.4, 0.5) is 5.69 Å². The van der Waals surface area contributed by atoms with Gasteiger partial charge in [0.1, 0.15) is 10.7 Å². The topological polar surface area (TPSA) is 67.6 Å². The summed E-state index contributed by atoms with van der Waals surface area (Å²) in [5.41, 5.74) is 5.21. The monoisotopic (exact) mass is 434 g/mol.